The summed E-state index contributed by atoms with van der Waals surface area (Å²) in [5.41, 5.74) is 1.51. The largest absolute Gasteiger partial charge is 0.493 e. The maximum absolute atomic E-state index is 13.5. The van der Waals surface area contributed by atoms with Crippen molar-refractivity contribution in [2.75, 3.05) is 11.9 Å². The van der Waals surface area contributed by atoms with Gasteiger partial charge in [0.25, 0.3) is 0 Å². The number of nitrogens with one attached hydrogen (secondary N) is 2. The molecule has 1 heterocycles. The second-order valence-electron chi connectivity index (χ2n) is 7.21. The van der Waals surface area contributed by atoms with Crippen LogP contribution in [-0.2, 0) is 17.4 Å². The van der Waals surface area contributed by atoms with Gasteiger partial charge in [-0.05, 0) is 42.0 Å². The summed E-state index contributed by atoms with van der Waals surface area (Å²) in [6.45, 7) is 0.266. The van der Waals surface area contributed by atoms with Crippen molar-refractivity contribution in [1.29, 1.82) is 0 Å². The van der Waals surface area contributed by atoms with Gasteiger partial charge in [0.05, 0.1) is 23.8 Å². The minimum Gasteiger partial charge on any atom is -0.493 e. The summed E-state index contributed by atoms with van der Waals surface area (Å²) in [6.07, 6.45) is -2.25. The molecule has 30 heavy (non-hydrogen) atoms. The summed E-state index contributed by atoms with van der Waals surface area (Å²) in [7, 11) is 0. The van der Waals surface area contributed by atoms with Crippen LogP contribution in [0, 0.1) is 5.92 Å². The van der Waals surface area contributed by atoms with E-state index in [-0.39, 0.29) is 13.0 Å². The fraction of sp³-hybridized carbons (Fsp3) is 0.286. The molecular formula is C21H17ClF4N2O2. The highest BCUT2D eigenvalue weighted by Gasteiger charge is 2.58. The quantitative estimate of drug-likeness (QED) is 0.383. The van der Waals surface area contributed by atoms with E-state index < -0.39 is 28.7 Å². The van der Waals surface area contributed by atoms with Crippen molar-refractivity contribution in [1.82, 2.24) is 4.98 Å². The fourth-order valence-corrected chi connectivity index (χ4v) is 3.42. The Labute approximate surface area is 174 Å². The van der Waals surface area contributed by atoms with Crippen LogP contribution < -0.4 is 10.1 Å². The first-order valence-corrected chi connectivity index (χ1v) is 9.60. The van der Waals surface area contributed by atoms with E-state index in [1.165, 1.54) is 12.1 Å². The number of amides is 1. The van der Waals surface area contributed by atoms with E-state index in [0.29, 0.717) is 17.9 Å². The third-order valence-corrected chi connectivity index (χ3v) is 5.41. The molecule has 0 saturated heterocycles. The van der Waals surface area contributed by atoms with Crippen molar-refractivity contribution in [2.45, 2.75) is 24.1 Å². The number of carbonyl (C=O) groups is 1. The van der Waals surface area contributed by atoms with Crippen molar-refractivity contribution >= 4 is 34.1 Å². The van der Waals surface area contributed by atoms with Crippen molar-refractivity contribution in [3.8, 4) is 5.75 Å². The first-order chi connectivity index (χ1) is 14.1. The molecule has 1 amide bonds. The fourth-order valence-electron chi connectivity index (χ4n) is 3.17. The van der Waals surface area contributed by atoms with E-state index in [1.807, 2.05) is 18.2 Å². The predicted molar refractivity (Wildman–Crippen MR) is 105 cm³/mol. The highest BCUT2D eigenvalue weighted by molar-refractivity contribution is 6.27. The Balaban J connectivity index is 1.38. The third-order valence-electron chi connectivity index (χ3n) is 4.99. The monoisotopic (exact) mass is 440 g/mol. The summed E-state index contributed by atoms with van der Waals surface area (Å²) >= 11 is 5.52. The van der Waals surface area contributed by atoms with Gasteiger partial charge in [0.15, 0.2) is 5.13 Å². The van der Waals surface area contributed by atoms with Crippen LogP contribution in [0.4, 0.5) is 23.2 Å². The van der Waals surface area contributed by atoms with Crippen molar-refractivity contribution in [2.24, 2.45) is 5.92 Å². The molecule has 2 N–H and O–H groups in total. The number of rotatable bonds is 6. The molecule has 4 nitrogen and oxygen atoms in total. The molecule has 0 aliphatic heterocycles. The zero-order valence-corrected chi connectivity index (χ0v) is 16.3. The van der Waals surface area contributed by atoms with Gasteiger partial charge in [-0.1, -0.05) is 17.7 Å². The van der Waals surface area contributed by atoms with Gasteiger partial charge in [-0.2, -0.15) is 13.2 Å². The maximum Gasteiger partial charge on any atom is 0.416 e. The molecule has 158 valence electrons. The average Bonchev–Trinajstić information content (AvgIpc) is 3.16. The van der Waals surface area contributed by atoms with Gasteiger partial charge in [0.2, 0.25) is 5.91 Å². The van der Waals surface area contributed by atoms with Crippen LogP contribution in [-0.4, -0.2) is 22.6 Å². The Hall–Kier alpha value is -2.74. The number of H-pyrrole nitrogens is 1. The molecular weight excluding hydrogens is 424 g/mol. The Morgan fingerprint density at radius 3 is 2.57 bits per heavy atom. The zero-order chi connectivity index (χ0) is 21.5. The summed E-state index contributed by atoms with van der Waals surface area (Å²) < 4.78 is 56.8. The number of fused-ring (bicyclic) bond motifs is 1. The smallest absolute Gasteiger partial charge is 0.416 e. The van der Waals surface area contributed by atoms with Gasteiger partial charge in [-0.15, -0.1) is 0 Å². The van der Waals surface area contributed by atoms with Crippen LogP contribution in [0.15, 0.2) is 48.7 Å². The molecule has 0 bridgehead atoms. The molecule has 2 unspecified atom stereocenters. The second-order valence-corrected chi connectivity index (χ2v) is 7.84. The predicted octanol–water partition coefficient (Wildman–Crippen LogP) is 5.67. The van der Waals surface area contributed by atoms with Crippen molar-refractivity contribution in [3.63, 3.8) is 0 Å². The number of aromatic nitrogens is 1. The Morgan fingerprint density at radius 2 is 1.93 bits per heavy atom. The van der Waals surface area contributed by atoms with E-state index in [1.54, 1.807) is 6.20 Å². The lowest BCUT2D eigenvalue weighted by atomic mass is 10.1. The molecule has 2 atom stereocenters. The number of aromatic amines is 1. The van der Waals surface area contributed by atoms with Gasteiger partial charge in [-0.25, -0.2) is 4.39 Å². The normalized spacial score (nSPS) is 20.9. The molecule has 0 spiro atoms. The number of benzene rings is 2. The highest BCUT2D eigenvalue weighted by Crippen LogP contribution is 2.51. The molecule has 9 heteroatoms. The van der Waals surface area contributed by atoms with Crippen LogP contribution >= 0.6 is 11.6 Å². The minimum atomic E-state index is -4.38. The lowest BCUT2D eigenvalue weighted by Crippen LogP contribution is -2.16. The van der Waals surface area contributed by atoms with Gasteiger partial charge in [0.1, 0.15) is 5.75 Å². The minimum absolute atomic E-state index is 0.00468. The van der Waals surface area contributed by atoms with E-state index in [2.05, 4.69) is 10.3 Å². The number of hydrogen-bond acceptors (Lipinski definition) is 2. The number of anilines is 1. The van der Waals surface area contributed by atoms with Gasteiger partial charge >= 0.3 is 6.18 Å². The molecule has 0 radical (unpaired) electrons. The first kappa shape index (κ1) is 20.5. The number of halogens is 5. The standard InChI is InChI=1S/C21H17ClF4N2O2/c22-20(23)10-16(20)19(29)28-18-11-27-17-6-1-12(9-15(17)18)7-8-30-14-4-2-13(3-5-14)21(24,25)26/h1-6,9,11,16,27H,7-8,10H2,(H,28,29). The van der Waals surface area contributed by atoms with E-state index in [4.69, 9.17) is 16.3 Å². The summed E-state index contributed by atoms with van der Waals surface area (Å²) in [6, 6.07) is 10.1. The Bertz CT molecular complexity index is 1080. The summed E-state index contributed by atoms with van der Waals surface area (Å²) in [5, 5.41) is 1.49. The molecule has 1 fully saturated rings. The van der Waals surface area contributed by atoms with Crippen LogP contribution in [0.5, 0.6) is 5.75 Å². The average molecular weight is 441 g/mol. The molecule has 4 rings (SSSR count). The van der Waals surface area contributed by atoms with Gasteiger partial charge in [-0.3, -0.25) is 4.79 Å². The van der Waals surface area contributed by atoms with Crippen LogP contribution in [0.3, 0.4) is 0 Å². The molecule has 1 saturated carbocycles. The third kappa shape index (κ3) is 4.38. The van der Waals surface area contributed by atoms with Crippen LogP contribution in [0.1, 0.15) is 17.5 Å². The first-order valence-electron chi connectivity index (χ1n) is 9.22. The number of hydrogen-bond donors (Lipinski definition) is 2. The molecule has 1 aromatic heterocycles. The van der Waals surface area contributed by atoms with Crippen LogP contribution in [0.25, 0.3) is 10.9 Å². The molecule has 2 aromatic carbocycles. The highest BCUT2D eigenvalue weighted by atomic mass is 35.5. The number of alkyl halides is 5. The second kappa shape index (κ2) is 7.50. The van der Waals surface area contributed by atoms with Crippen LogP contribution in [0.2, 0.25) is 0 Å². The lowest BCUT2D eigenvalue weighted by molar-refractivity contribution is -0.137. The Kier molecular flexibility index (Phi) is 5.13. The van der Waals surface area contributed by atoms with E-state index in [9.17, 15) is 22.4 Å². The van der Waals surface area contributed by atoms with Crippen molar-refractivity contribution in [3.05, 3.63) is 59.8 Å². The van der Waals surface area contributed by atoms with Gasteiger partial charge in [0, 0.05) is 29.9 Å². The summed E-state index contributed by atoms with van der Waals surface area (Å²) in [4.78, 5) is 15.1. The number of carbonyl (C=O) groups excluding carboxylic acids is 1. The number of ether oxygens (including phenoxy) is 1. The zero-order valence-electron chi connectivity index (χ0n) is 15.5. The lowest BCUT2D eigenvalue weighted by Gasteiger charge is -2.09. The topological polar surface area (TPSA) is 54.1 Å². The Morgan fingerprint density at radius 1 is 1.23 bits per heavy atom. The van der Waals surface area contributed by atoms with E-state index >= 15 is 0 Å². The van der Waals surface area contributed by atoms with Crippen molar-refractivity contribution < 1.29 is 27.1 Å². The van der Waals surface area contributed by atoms with Gasteiger partial charge < -0.3 is 15.0 Å². The van der Waals surface area contributed by atoms with E-state index in [0.717, 1.165) is 28.6 Å². The molecule has 3 aromatic rings. The maximum atomic E-state index is 13.5. The molecule has 1 aliphatic rings. The SMILES string of the molecule is O=C(Nc1c[nH]c2ccc(CCOc3ccc(C(F)(F)F)cc3)cc12)C1CC1(F)Cl. The summed E-state index contributed by atoms with van der Waals surface area (Å²) in [5.74, 6) is -0.979. The molecule has 1 aliphatic carbocycles.